The van der Waals surface area contributed by atoms with E-state index < -0.39 is 18.0 Å². The van der Waals surface area contributed by atoms with Crippen molar-refractivity contribution in [2.75, 3.05) is 13.1 Å². The Balaban J connectivity index is 2.67. The summed E-state index contributed by atoms with van der Waals surface area (Å²) in [7, 11) is 0. The predicted molar refractivity (Wildman–Crippen MR) is 74.3 cm³/mol. The third kappa shape index (κ3) is 5.14. The summed E-state index contributed by atoms with van der Waals surface area (Å²) in [6.45, 7) is 4.13. The Morgan fingerprint density at radius 3 is 2.81 bits per heavy atom. The quantitative estimate of drug-likeness (QED) is 0.679. The van der Waals surface area contributed by atoms with Gasteiger partial charge in [0.2, 0.25) is 0 Å². The van der Waals surface area contributed by atoms with E-state index in [4.69, 9.17) is 5.26 Å². The van der Waals surface area contributed by atoms with Gasteiger partial charge in [0, 0.05) is 31.4 Å². The summed E-state index contributed by atoms with van der Waals surface area (Å²) in [6.07, 6.45) is 3.08. The first-order valence-corrected chi connectivity index (χ1v) is 6.63. The molecule has 1 aromatic heterocycles. The summed E-state index contributed by atoms with van der Waals surface area (Å²) < 4.78 is 0. The number of rotatable bonds is 7. The molecular formula is C13H19N5O3. The van der Waals surface area contributed by atoms with E-state index in [1.165, 1.54) is 17.4 Å². The molecule has 0 fully saturated rings. The molecule has 1 aromatic rings. The Bertz CT molecular complexity index is 508. The van der Waals surface area contributed by atoms with E-state index in [1.807, 2.05) is 6.07 Å². The second kappa shape index (κ2) is 7.89. The number of H-pyrrole nitrogens is 1. The monoisotopic (exact) mass is 293 g/mol. The van der Waals surface area contributed by atoms with Crippen LogP contribution in [0.3, 0.4) is 0 Å². The van der Waals surface area contributed by atoms with Crippen LogP contribution < -0.4 is 5.32 Å². The number of carbonyl (C=O) groups is 2. The highest BCUT2D eigenvalue weighted by Crippen LogP contribution is 2.03. The smallest absolute Gasteiger partial charge is 0.326 e. The normalized spacial score (nSPS) is 13.0. The molecule has 0 aliphatic carbocycles. The zero-order valence-corrected chi connectivity index (χ0v) is 12.0. The average Bonchev–Trinajstić information content (AvgIpc) is 2.96. The number of nitrogens with zero attached hydrogens (tertiary/aromatic N) is 3. The van der Waals surface area contributed by atoms with E-state index in [0.717, 1.165) is 0 Å². The molecule has 0 spiro atoms. The first-order valence-electron chi connectivity index (χ1n) is 6.63. The predicted octanol–water partition coefficient (Wildman–Crippen LogP) is 0.597. The van der Waals surface area contributed by atoms with Gasteiger partial charge in [0.25, 0.3) is 0 Å². The number of nitrogens with one attached hydrogen (secondary N) is 2. The van der Waals surface area contributed by atoms with Gasteiger partial charge >= 0.3 is 12.0 Å². The van der Waals surface area contributed by atoms with Crippen LogP contribution in [0.5, 0.6) is 0 Å². The molecular weight excluding hydrogens is 274 g/mol. The minimum absolute atomic E-state index is 0.117. The second-order valence-electron chi connectivity index (χ2n) is 4.69. The number of carboxylic acid groups (broad SMARTS) is 1. The summed E-state index contributed by atoms with van der Waals surface area (Å²) in [6, 6.07) is 0.500. The molecule has 1 heterocycles. The molecule has 0 aliphatic heterocycles. The number of imidazole rings is 1. The molecule has 0 aliphatic rings. The van der Waals surface area contributed by atoms with E-state index in [2.05, 4.69) is 15.3 Å². The zero-order chi connectivity index (χ0) is 15.8. The number of urea groups is 1. The number of aromatic amines is 1. The molecule has 3 N–H and O–H groups in total. The Hall–Kier alpha value is -2.56. The van der Waals surface area contributed by atoms with E-state index >= 15 is 0 Å². The van der Waals surface area contributed by atoms with Gasteiger partial charge in [-0.05, 0) is 13.8 Å². The van der Waals surface area contributed by atoms with Crippen LogP contribution in [0.2, 0.25) is 0 Å². The molecule has 8 nitrogen and oxygen atoms in total. The maximum atomic E-state index is 12.1. The van der Waals surface area contributed by atoms with E-state index in [-0.39, 0.29) is 18.9 Å². The number of hydrogen-bond donors (Lipinski definition) is 3. The highest BCUT2D eigenvalue weighted by atomic mass is 16.4. The molecule has 8 heteroatoms. The highest BCUT2D eigenvalue weighted by molar-refractivity contribution is 5.82. The summed E-state index contributed by atoms with van der Waals surface area (Å²) in [5.41, 5.74) is 0.621. The molecule has 114 valence electrons. The number of nitriles is 1. The lowest BCUT2D eigenvalue weighted by atomic mass is 10.1. The minimum Gasteiger partial charge on any atom is -0.480 e. The highest BCUT2D eigenvalue weighted by Gasteiger charge is 2.24. The second-order valence-corrected chi connectivity index (χ2v) is 4.69. The SMILES string of the molecule is CCN(CC(C)C#N)C(=O)N[C@H](Cc1cnc[nH]1)C(=O)O. The molecule has 0 aromatic carbocycles. The van der Waals surface area contributed by atoms with Crippen LogP contribution in [0.25, 0.3) is 0 Å². The van der Waals surface area contributed by atoms with E-state index in [9.17, 15) is 14.7 Å². The van der Waals surface area contributed by atoms with Crippen LogP contribution in [0.1, 0.15) is 19.5 Å². The van der Waals surface area contributed by atoms with Crippen LogP contribution in [-0.4, -0.2) is 51.1 Å². The van der Waals surface area contributed by atoms with Crippen LogP contribution in [0.4, 0.5) is 4.79 Å². The van der Waals surface area contributed by atoms with Crippen LogP contribution in [0.15, 0.2) is 12.5 Å². The number of amides is 2. The number of hydrogen-bond acceptors (Lipinski definition) is 4. The molecule has 0 radical (unpaired) electrons. The summed E-state index contributed by atoms with van der Waals surface area (Å²) in [5.74, 6) is -1.44. The average molecular weight is 293 g/mol. The van der Waals surface area contributed by atoms with Gasteiger partial charge in [0.15, 0.2) is 0 Å². The molecule has 1 unspecified atom stereocenters. The number of carboxylic acids is 1. The van der Waals surface area contributed by atoms with Gasteiger partial charge in [-0.15, -0.1) is 0 Å². The number of carbonyl (C=O) groups excluding carboxylic acids is 1. The molecule has 21 heavy (non-hydrogen) atoms. The van der Waals surface area contributed by atoms with E-state index in [1.54, 1.807) is 13.8 Å². The van der Waals surface area contributed by atoms with Gasteiger partial charge in [0.1, 0.15) is 6.04 Å². The molecule has 1 rings (SSSR count). The van der Waals surface area contributed by atoms with Gasteiger partial charge < -0.3 is 20.3 Å². The van der Waals surface area contributed by atoms with Crippen molar-refractivity contribution >= 4 is 12.0 Å². The van der Waals surface area contributed by atoms with Crippen molar-refractivity contribution in [3.63, 3.8) is 0 Å². The lowest BCUT2D eigenvalue weighted by Gasteiger charge is -2.24. The van der Waals surface area contributed by atoms with Crippen molar-refractivity contribution in [3.05, 3.63) is 18.2 Å². The third-order valence-electron chi connectivity index (χ3n) is 2.96. The third-order valence-corrected chi connectivity index (χ3v) is 2.96. The van der Waals surface area contributed by atoms with Crippen LogP contribution in [0, 0.1) is 17.2 Å². The van der Waals surface area contributed by atoms with Crippen molar-refractivity contribution in [2.24, 2.45) is 5.92 Å². The summed E-state index contributed by atoms with van der Waals surface area (Å²) >= 11 is 0. The summed E-state index contributed by atoms with van der Waals surface area (Å²) in [4.78, 5) is 31.3. The van der Waals surface area contributed by atoms with Crippen LogP contribution >= 0.6 is 0 Å². The Labute approximate surface area is 122 Å². The largest absolute Gasteiger partial charge is 0.480 e. The van der Waals surface area contributed by atoms with Gasteiger partial charge in [-0.25, -0.2) is 14.6 Å². The maximum Gasteiger partial charge on any atom is 0.326 e. The maximum absolute atomic E-state index is 12.1. The minimum atomic E-state index is -1.12. The van der Waals surface area contributed by atoms with Crippen molar-refractivity contribution in [1.82, 2.24) is 20.2 Å². The van der Waals surface area contributed by atoms with Crippen molar-refractivity contribution in [3.8, 4) is 6.07 Å². The molecule has 0 bridgehead atoms. The first-order chi connectivity index (χ1) is 9.97. The fraction of sp³-hybridized carbons (Fsp3) is 0.538. The topological polar surface area (TPSA) is 122 Å². The Morgan fingerprint density at radius 1 is 1.62 bits per heavy atom. The molecule has 0 saturated heterocycles. The van der Waals surface area contributed by atoms with Gasteiger partial charge in [-0.2, -0.15) is 5.26 Å². The Kier molecular flexibility index (Phi) is 6.20. The van der Waals surface area contributed by atoms with Gasteiger partial charge in [0.05, 0.1) is 18.3 Å². The fourth-order valence-corrected chi connectivity index (χ4v) is 1.78. The fourth-order valence-electron chi connectivity index (χ4n) is 1.78. The van der Waals surface area contributed by atoms with Gasteiger partial charge in [-0.1, -0.05) is 0 Å². The zero-order valence-electron chi connectivity index (χ0n) is 12.0. The molecule has 0 saturated carbocycles. The lowest BCUT2D eigenvalue weighted by molar-refractivity contribution is -0.139. The standard InChI is InChI=1S/C13H19N5O3/c1-3-18(7-9(2)5-14)13(21)17-11(12(19)20)4-10-6-15-8-16-10/h6,8-9,11H,3-4,7H2,1-2H3,(H,15,16)(H,17,21)(H,19,20)/t9?,11-/m1/s1. The van der Waals surface area contributed by atoms with Gasteiger partial charge in [-0.3, -0.25) is 0 Å². The van der Waals surface area contributed by atoms with Crippen molar-refractivity contribution in [1.29, 1.82) is 5.26 Å². The van der Waals surface area contributed by atoms with Crippen molar-refractivity contribution in [2.45, 2.75) is 26.3 Å². The first kappa shape index (κ1) is 16.5. The van der Waals surface area contributed by atoms with Crippen molar-refractivity contribution < 1.29 is 14.7 Å². The van der Waals surface area contributed by atoms with Crippen LogP contribution in [-0.2, 0) is 11.2 Å². The number of aromatic nitrogens is 2. The van der Waals surface area contributed by atoms with E-state index in [0.29, 0.717) is 12.2 Å². The summed E-state index contributed by atoms with van der Waals surface area (Å²) in [5, 5.41) is 20.4. The molecule has 2 atom stereocenters. The lowest BCUT2D eigenvalue weighted by Crippen LogP contribution is -2.49. The molecule has 2 amide bonds. The number of aliphatic carboxylic acids is 1. The Morgan fingerprint density at radius 2 is 2.33 bits per heavy atom.